The van der Waals surface area contributed by atoms with Gasteiger partial charge in [0, 0.05) is 13.6 Å². The van der Waals surface area contributed by atoms with Crippen LogP contribution >= 0.6 is 23.6 Å². The highest BCUT2D eigenvalue weighted by Gasteiger charge is 2.06. The van der Waals surface area contributed by atoms with E-state index in [1.807, 2.05) is 25.2 Å². The minimum Gasteiger partial charge on any atom is -0.388 e. The third-order valence-electron chi connectivity index (χ3n) is 2.38. The molecule has 0 saturated carbocycles. The molecule has 0 aromatic carbocycles. The van der Waals surface area contributed by atoms with Gasteiger partial charge < -0.3 is 10.6 Å². The lowest BCUT2D eigenvalue weighted by Crippen LogP contribution is -2.19. The summed E-state index contributed by atoms with van der Waals surface area (Å²) in [4.78, 5) is 6.82. The predicted octanol–water partition coefficient (Wildman–Crippen LogP) is 2.41. The quantitative estimate of drug-likeness (QED) is 0.860. The lowest BCUT2D eigenvalue weighted by atomic mass is 10.3. The van der Waals surface area contributed by atoms with Crippen LogP contribution < -0.4 is 10.6 Å². The molecule has 2 aromatic rings. The molecule has 2 aromatic heterocycles. The van der Waals surface area contributed by atoms with Crippen molar-refractivity contribution in [3.05, 3.63) is 46.3 Å². The van der Waals surface area contributed by atoms with Crippen molar-refractivity contribution in [2.75, 3.05) is 11.9 Å². The summed E-state index contributed by atoms with van der Waals surface area (Å²) in [7, 11) is 2.00. The molecule has 0 unspecified atom stereocenters. The average Bonchev–Trinajstić information content (AvgIpc) is 2.82. The number of nitrogens with two attached hydrogens (primary N) is 1. The van der Waals surface area contributed by atoms with E-state index in [-0.39, 0.29) is 0 Å². The Labute approximate surface area is 110 Å². The minimum atomic E-state index is 0.329. The Balaban J connectivity index is 2.16. The van der Waals surface area contributed by atoms with Gasteiger partial charge in [0.2, 0.25) is 0 Å². The van der Waals surface area contributed by atoms with E-state index in [0.29, 0.717) is 10.7 Å². The van der Waals surface area contributed by atoms with Gasteiger partial charge >= 0.3 is 0 Å². The highest BCUT2D eigenvalue weighted by molar-refractivity contribution is 7.80. The van der Waals surface area contributed by atoms with Crippen LogP contribution in [0.5, 0.6) is 0 Å². The Hall–Kier alpha value is -1.46. The molecule has 17 heavy (non-hydrogen) atoms. The standard InChI is InChI=1S/C12H13N3S2/c1-15(7-9-5-6-17-8-9)11-4-2-3-10(14-11)12(13)16/h2-6,8H,7H2,1H3,(H2,13,16). The van der Waals surface area contributed by atoms with Crippen LogP contribution in [0.2, 0.25) is 0 Å². The van der Waals surface area contributed by atoms with Gasteiger partial charge in [0.25, 0.3) is 0 Å². The van der Waals surface area contributed by atoms with Crippen molar-refractivity contribution in [2.24, 2.45) is 5.73 Å². The zero-order chi connectivity index (χ0) is 12.3. The van der Waals surface area contributed by atoms with E-state index in [1.54, 1.807) is 11.3 Å². The molecule has 3 nitrogen and oxygen atoms in total. The largest absolute Gasteiger partial charge is 0.388 e. The van der Waals surface area contributed by atoms with Gasteiger partial charge in [-0.3, -0.25) is 0 Å². The lowest BCUT2D eigenvalue weighted by Gasteiger charge is -2.17. The van der Waals surface area contributed by atoms with E-state index in [0.717, 1.165) is 12.4 Å². The molecule has 2 heterocycles. The van der Waals surface area contributed by atoms with Crippen molar-refractivity contribution in [1.82, 2.24) is 4.98 Å². The summed E-state index contributed by atoms with van der Waals surface area (Å²) in [5.41, 5.74) is 7.51. The van der Waals surface area contributed by atoms with Gasteiger partial charge in [0.05, 0.1) is 5.69 Å². The van der Waals surface area contributed by atoms with Crippen molar-refractivity contribution in [1.29, 1.82) is 0 Å². The molecule has 2 N–H and O–H groups in total. The summed E-state index contributed by atoms with van der Waals surface area (Å²) >= 11 is 6.62. The Morgan fingerprint density at radius 1 is 1.47 bits per heavy atom. The Morgan fingerprint density at radius 2 is 2.29 bits per heavy atom. The van der Waals surface area contributed by atoms with Crippen LogP contribution in [-0.4, -0.2) is 17.0 Å². The third kappa shape index (κ3) is 3.01. The normalized spacial score (nSPS) is 10.2. The van der Waals surface area contributed by atoms with Crippen molar-refractivity contribution >= 4 is 34.4 Å². The zero-order valence-electron chi connectivity index (χ0n) is 9.46. The summed E-state index contributed by atoms with van der Waals surface area (Å²) in [6.07, 6.45) is 0. The van der Waals surface area contributed by atoms with E-state index < -0.39 is 0 Å². The number of thiocarbonyl (C=S) groups is 1. The molecule has 0 bridgehead atoms. The fraction of sp³-hybridized carbons (Fsp3) is 0.167. The molecule has 0 radical (unpaired) electrons. The second-order valence-corrected chi connectivity index (χ2v) is 4.95. The maximum atomic E-state index is 5.57. The van der Waals surface area contributed by atoms with Crippen LogP contribution in [0, 0.1) is 0 Å². The Bertz CT molecular complexity index is 508. The van der Waals surface area contributed by atoms with Crippen LogP contribution in [0.15, 0.2) is 35.0 Å². The number of anilines is 1. The lowest BCUT2D eigenvalue weighted by molar-refractivity contribution is 0.900. The summed E-state index contributed by atoms with van der Waals surface area (Å²) in [6, 6.07) is 7.80. The first-order valence-corrected chi connectivity index (χ1v) is 6.51. The van der Waals surface area contributed by atoms with Crippen LogP contribution in [-0.2, 0) is 6.54 Å². The first-order chi connectivity index (χ1) is 8.16. The fourth-order valence-electron chi connectivity index (χ4n) is 1.51. The molecule has 0 amide bonds. The Morgan fingerprint density at radius 3 is 2.94 bits per heavy atom. The summed E-state index contributed by atoms with van der Waals surface area (Å²) in [6.45, 7) is 0.831. The highest BCUT2D eigenvalue weighted by Crippen LogP contribution is 2.15. The minimum absolute atomic E-state index is 0.329. The van der Waals surface area contributed by atoms with Gasteiger partial charge in [0.15, 0.2) is 0 Å². The molecular formula is C12H13N3S2. The van der Waals surface area contributed by atoms with Gasteiger partial charge in [0.1, 0.15) is 10.8 Å². The number of thiophene rings is 1. The molecular weight excluding hydrogens is 250 g/mol. The molecule has 0 fully saturated rings. The molecule has 0 aliphatic carbocycles. The van der Waals surface area contributed by atoms with E-state index in [4.69, 9.17) is 18.0 Å². The van der Waals surface area contributed by atoms with E-state index in [9.17, 15) is 0 Å². The van der Waals surface area contributed by atoms with Crippen molar-refractivity contribution in [3.8, 4) is 0 Å². The zero-order valence-corrected chi connectivity index (χ0v) is 11.1. The smallest absolute Gasteiger partial charge is 0.129 e. The van der Waals surface area contributed by atoms with Gasteiger partial charge in [-0.05, 0) is 34.5 Å². The first-order valence-electron chi connectivity index (χ1n) is 5.16. The van der Waals surface area contributed by atoms with E-state index in [1.165, 1.54) is 5.56 Å². The average molecular weight is 263 g/mol. The van der Waals surface area contributed by atoms with E-state index >= 15 is 0 Å². The number of hydrogen-bond donors (Lipinski definition) is 1. The van der Waals surface area contributed by atoms with Gasteiger partial charge in [-0.2, -0.15) is 11.3 Å². The van der Waals surface area contributed by atoms with Crippen molar-refractivity contribution in [3.63, 3.8) is 0 Å². The topological polar surface area (TPSA) is 42.1 Å². The second kappa shape index (κ2) is 5.25. The molecule has 0 atom stereocenters. The van der Waals surface area contributed by atoms with Gasteiger partial charge in [-0.1, -0.05) is 18.3 Å². The van der Waals surface area contributed by atoms with Crippen molar-refractivity contribution < 1.29 is 0 Å². The summed E-state index contributed by atoms with van der Waals surface area (Å²) in [5, 5.41) is 4.20. The summed E-state index contributed by atoms with van der Waals surface area (Å²) in [5.74, 6) is 0.876. The van der Waals surface area contributed by atoms with E-state index in [2.05, 4.69) is 26.7 Å². The number of pyridine rings is 1. The molecule has 5 heteroatoms. The first kappa shape index (κ1) is 12.0. The molecule has 2 rings (SSSR count). The SMILES string of the molecule is CN(Cc1ccsc1)c1cccc(C(N)=S)n1. The Kier molecular flexibility index (Phi) is 3.71. The van der Waals surface area contributed by atoms with Crippen LogP contribution in [0.25, 0.3) is 0 Å². The molecule has 0 saturated heterocycles. The fourth-order valence-corrected chi connectivity index (χ4v) is 2.28. The molecule has 0 spiro atoms. The molecule has 88 valence electrons. The van der Waals surface area contributed by atoms with Crippen LogP contribution in [0.3, 0.4) is 0 Å². The number of nitrogens with zero attached hydrogens (tertiary/aromatic N) is 2. The van der Waals surface area contributed by atoms with Gasteiger partial charge in [-0.25, -0.2) is 4.98 Å². The molecule has 0 aliphatic rings. The van der Waals surface area contributed by atoms with Crippen LogP contribution in [0.1, 0.15) is 11.3 Å². The van der Waals surface area contributed by atoms with Gasteiger partial charge in [-0.15, -0.1) is 0 Å². The predicted molar refractivity (Wildman–Crippen MR) is 76.6 cm³/mol. The highest BCUT2D eigenvalue weighted by atomic mass is 32.1. The maximum Gasteiger partial charge on any atom is 0.129 e. The summed E-state index contributed by atoms with van der Waals surface area (Å²) < 4.78 is 0. The third-order valence-corrected chi connectivity index (χ3v) is 3.32. The molecule has 0 aliphatic heterocycles. The number of rotatable bonds is 4. The van der Waals surface area contributed by atoms with Crippen LogP contribution in [0.4, 0.5) is 5.82 Å². The second-order valence-electron chi connectivity index (χ2n) is 3.73. The number of hydrogen-bond acceptors (Lipinski definition) is 4. The number of aromatic nitrogens is 1. The maximum absolute atomic E-state index is 5.57. The monoisotopic (exact) mass is 263 g/mol. The van der Waals surface area contributed by atoms with Crippen molar-refractivity contribution in [2.45, 2.75) is 6.54 Å².